The minimum Gasteiger partial charge on any atom is -0.486 e. The van der Waals surface area contributed by atoms with Gasteiger partial charge in [-0.3, -0.25) is 4.79 Å². The molecule has 0 aliphatic rings. The lowest BCUT2D eigenvalue weighted by Crippen LogP contribution is -2.12. The van der Waals surface area contributed by atoms with Gasteiger partial charge in [0.1, 0.15) is 24.3 Å². The second-order valence-corrected chi connectivity index (χ2v) is 5.18. The van der Waals surface area contributed by atoms with Gasteiger partial charge < -0.3 is 14.9 Å². The number of nitrogens with zero attached hydrogens (tertiary/aromatic N) is 1. The third-order valence-corrected chi connectivity index (χ3v) is 3.51. The maximum atomic E-state index is 11.4. The Labute approximate surface area is 137 Å². The van der Waals surface area contributed by atoms with E-state index in [-0.39, 0.29) is 6.61 Å². The van der Waals surface area contributed by atoms with E-state index in [0.29, 0.717) is 33.5 Å². The molecule has 1 aromatic heterocycles. The third-order valence-electron chi connectivity index (χ3n) is 3.18. The summed E-state index contributed by atoms with van der Waals surface area (Å²) in [6, 6.07) is 14.0. The van der Waals surface area contributed by atoms with Gasteiger partial charge in [-0.25, -0.2) is 4.98 Å². The van der Waals surface area contributed by atoms with Crippen LogP contribution in [-0.2, 0) is 6.61 Å². The molecule has 116 valence electrons. The van der Waals surface area contributed by atoms with Crippen molar-refractivity contribution in [1.82, 2.24) is 4.98 Å². The summed E-state index contributed by atoms with van der Waals surface area (Å²) in [5.41, 5.74) is 6.92. The number of ether oxygens (including phenoxy) is 1. The summed E-state index contributed by atoms with van der Waals surface area (Å²) in [7, 11) is 0. The highest BCUT2D eigenvalue weighted by Crippen LogP contribution is 2.27. The van der Waals surface area contributed by atoms with Gasteiger partial charge in [0.05, 0.1) is 16.1 Å². The van der Waals surface area contributed by atoms with Gasteiger partial charge in [-0.2, -0.15) is 0 Å². The molecule has 0 aliphatic heterocycles. The van der Waals surface area contributed by atoms with E-state index in [9.17, 15) is 4.79 Å². The van der Waals surface area contributed by atoms with Crippen LogP contribution in [-0.4, -0.2) is 10.9 Å². The van der Waals surface area contributed by atoms with Crippen molar-refractivity contribution in [1.29, 1.82) is 0 Å². The van der Waals surface area contributed by atoms with Crippen molar-refractivity contribution in [2.75, 3.05) is 0 Å². The van der Waals surface area contributed by atoms with E-state index in [4.69, 9.17) is 26.5 Å². The number of amides is 1. The Kier molecular flexibility index (Phi) is 4.30. The number of oxazole rings is 1. The summed E-state index contributed by atoms with van der Waals surface area (Å²) in [5.74, 6) is 0.275. The van der Waals surface area contributed by atoms with Gasteiger partial charge in [0, 0.05) is 0 Å². The first-order valence-corrected chi connectivity index (χ1v) is 7.24. The monoisotopic (exact) mass is 328 g/mol. The molecule has 0 aliphatic carbocycles. The summed E-state index contributed by atoms with van der Waals surface area (Å²) in [5, 5.41) is 0.556. The van der Waals surface area contributed by atoms with E-state index in [1.165, 1.54) is 6.26 Å². The fourth-order valence-electron chi connectivity index (χ4n) is 2.08. The van der Waals surface area contributed by atoms with Crippen LogP contribution in [0.5, 0.6) is 5.75 Å². The average molecular weight is 329 g/mol. The summed E-state index contributed by atoms with van der Waals surface area (Å²) in [6.45, 7) is 0.151. The van der Waals surface area contributed by atoms with Crippen molar-refractivity contribution in [2.45, 2.75) is 6.61 Å². The molecule has 3 aromatic rings. The van der Waals surface area contributed by atoms with Crippen molar-refractivity contribution in [3.05, 3.63) is 71.1 Å². The van der Waals surface area contributed by atoms with Crippen molar-refractivity contribution >= 4 is 17.5 Å². The Hall–Kier alpha value is -2.79. The van der Waals surface area contributed by atoms with Gasteiger partial charge in [-0.05, 0) is 24.3 Å². The Bertz CT molecular complexity index is 845. The Morgan fingerprint density at radius 2 is 1.91 bits per heavy atom. The normalized spacial score (nSPS) is 10.5. The van der Waals surface area contributed by atoms with E-state index in [2.05, 4.69) is 4.98 Å². The zero-order valence-electron chi connectivity index (χ0n) is 12.0. The number of carbonyl (C=O) groups is 1. The number of primary amides is 1. The molecular weight excluding hydrogens is 316 g/mol. The summed E-state index contributed by atoms with van der Waals surface area (Å²) in [4.78, 5) is 15.7. The molecule has 5 nitrogen and oxygen atoms in total. The van der Waals surface area contributed by atoms with E-state index in [1.54, 1.807) is 30.3 Å². The lowest BCUT2D eigenvalue weighted by Gasteiger charge is -2.07. The zero-order chi connectivity index (χ0) is 16.2. The van der Waals surface area contributed by atoms with Crippen LogP contribution in [0.25, 0.3) is 11.5 Å². The number of aromatic nitrogens is 1. The largest absolute Gasteiger partial charge is 0.486 e. The summed E-state index contributed by atoms with van der Waals surface area (Å²) >= 11 is 6.11. The van der Waals surface area contributed by atoms with Gasteiger partial charge >= 0.3 is 0 Å². The molecule has 1 heterocycles. The molecule has 1 amide bonds. The zero-order valence-corrected chi connectivity index (χ0v) is 12.8. The molecule has 6 heteroatoms. The molecule has 0 atom stereocenters. The van der Waals surface area contributed by atoms with E-state index >= 15 is 0 Å². The van der Waals surface area contributed by atoms with Crippen LogP contribution < -0.4 is 10.5 Å². The number of rotatable bonds is 5. The standard InChI is InChI=1S/C17H13ClN2O3/c18-14-7-3-1-5-12(14)17-20-11(10-23-17)9-22-15-8-4-2-6-13(15)16(19)21/h1-8,10H,9H2,(H2,19,21). The molecule has 2 aromatic carbocycles. The van der Waals surface area contributed by atoms with E-state index < -0.39 is 5.91 Å². The molecule has 0 spiro atoms. The first-order chi connectivity index (χ1) is 11.1. The number of hydrogen-bond donors (Lipinski definition) is 1. The predicted molar refractivity (Wildman–Crippen MR) is 86.2 cm³/mol. The minimum absolute atomic E-state index is 0.151. The lowest BCUT2D eigenvalue weighted by atomic mass is 10.2. The van der Waals surface area contributed by atoms with E-state index in [0.717, 1.165) is 0 Å². The van der Waals surface area contributed by atoms with Gasteiger partial charge in [0.2, 0.25) is 5.89 Å². The van der Waals surface area contributed by atoms with Crippen LogP contribution >= 0.6 is 11.6 Å². The fourth-order valence-corrected chi connectivity index (χ4v) is 2.30. The number of halogens is 1. The second kappa shape index (κ2) is 6.54. The van der Waals surface area contributed by atoms with Crippen LogP contribution in [0.2, 0.25) is 5.02 Å². The maximum Gasteiger partial charge on any atom is 0.252 e. The SMILES string of the molecule is NC(=O)c1ccccc1OCc1coc(-c2ccccc2Cl)n1. The summed E-state index contributed by atoms with van der Waals surface area (Å²) in [6.07, 6.45) is 1.49. The Morgan fingerprint density at radius 1 is 1.17 bits per heavy atom. The first kappa shape index (κ1) is 15.1. The number of para-hydroxylation sites is 1. The first-order valence-electron chi connectivity index (χ1n) is 6.86. The van der Waals surface area contributed by atoms with Crippen molar-refractivity contribution in [3.63, 3.8) is 0 Å². The highest BCUT2D eigenvalue weighted by atomic mass is 35.5. The van der Waals surface area contributed by atoms with Gasteiger partial charge in [-0.15, -0.1) is 0 Å². The van der Waals surface area contributed by atoms with Crippen LogP contribution in [0.1, 0.15) is 16.1 Å². The Morgan fingerprint density at radius 3 is 2.70 bits per heavy atom. The quantitative estimate of drug-likeness (QED) is 0.775. The molecule has 0 unspecified atom stereocenters. The second-order valence-electron chi connectivity index (χ2n) is 4.77. The Balaban J connectivity index is 1.76. The number of hydrogen-bond acceptors (Lipinski definition) is 4. The maximum absolute atomic E-state index is 11.4. The van der Waals surface area contributed by atoms with E-state index in [1.807, 2.05) is 18.2 Å². The van der Waals surface area contributed by atoms with Gasteiger partial charge in [0.25, 0.3) is 5.91 Å². The molecule has 3 rings (SSSR count). The van der Waals surface area contributed by atoms with Crippen LogP contribution in [0.15, 0.2) is 59.2 Å². The predicted octanol–water partition coefficient (Wildman–Crippen LogP) is 3.67. The van der Waals surface area contributed by atoms with Gasteiger partial charge in [0.15, 0.2) is 0 Å². The lowest BCUT2D eigenvalue weighted by molar-refractivity contribution is 0.0996. The molecule has 0 fully saturated rings. The molecular formula is C17H13ClN2O3. The fraction of sp³-hybridized carbons (Fsp3) is 0.0588. The highest BCUT2D eigenvalue weighted by Gasteiger charge is 2.12. The summed E-state index contributed by atoms with van der Waals surface area (Å²) < 4.78 is 11.0. The number of carbonyl (C=O) groups excluding carboxylic acids is 1. The topological polar surface area (TPSA) is 78.4 Å². The van der Waals surface area contributed by atoms with Crippen molar-refractivity contribution in [2.24, 2.45) is 5.73 Å². The third kappa shape index (κ3) is 3.35. The minimum atomic E-state index is -0.544. The van der Waals surface area contributed by atoms with Gasteiger partial charge in [-0.1, -0.05) is 35.9 Å². The van der Waals surface area contributed by atoms with Crippen LogP contribution in [0, 0.1) is 0 Å². The van der Waals surface area contributed by atoms with Crippen LogP contribution in [0.4, 0.5) is 0 Å². The molecule has 0 radical (unpaired) electrons. The molecule has 0 saturated carbocycles. The number of benzene rings is 2. The molecule has 0 bridgehead atoms. The average Bonchev–Trinajstić information content (AvgIpc) is 3.02. The molecule has 23 heavy (non-hydrogen) atoms. The molecule has 2 N–H and O–H groups in total. The highest BCUT2D eigenvalue weighted by molar-refractivity contribution is 6.33. The van der Waals surface area contributed by atoms with Crippen LogP contribution in [0.3, 0.4) is 0 Å². The smallest absolute Gasteiger partial charge is 0.252 e. The molecule has 0 saturated heterocycles. The van der Waals surface area contributed by atoms with Crippen molar-refractivity contribution < 1.29 is 13.9 Å². The number of nitrogens with two attached hydrogens (primary N) is 1. The van der Waals surface area contributed by atoms with Crippen molar-refractivity contribution in [3.8, 4) is 17.2 Å².